The molecule has 0 heterocycles. The van der Waals surface area contributed by atoms with Crippen LogP contribution in [0.5, 0.6) is 11.5 Å². The average molecular weight is 502 g/mol. The van der Waals surface area contributed by atoms with Crippen LogP contribution in [0.25, 0.3) is 0 Å². The first-order chi connectivity index (χ1) is 15.6. The number of aliphatic hydroxyl groups is 1. The number of carbonyl (C=O) groups is 2. The molecule has 0 aliphatic rings. The second-order valence-corrected chi connectivity index (χ2v) is 9.20. The molecule has 0 spiro atoms. The van der Waals surface area contributed by atoms with E-state index in [-0.39, 0.29) is 36.8 Å². The monoisotopic (exact) mass is 501 g/mol. The first-order valence-electron chi connectivity index (χ1n) is 11.9. The van der Waals surface area contributed by atoms with Crippen molar-refractivity contribution in [1.29, 1.82) is 0 Å². The van der Waals surface area contributed by atoms with E-state index < -0.39 is 18.1 Å². The molecule has 8 nitrogen and oxygen atoms in total. The highest BCUT2D eigenvalue weighted by molar-refractivity contribution is 5.85. The molecule has 1 aromatic carbocycles. The number of methoxy groups -OCH3 is 1. The molecule has 0 saturated heterocycles. The molecule has 0 unspecified atom stereocenters. The van der Waals surface area contributed by atoms with Crippen molar-refractivity contribution < 1.29 is 24.2 Å². The Balaban J connectivity index is 0.0000109. The van der Waals surface area contributed by atoms with Gasteiger partial charge in [0.15, 0.2) is 18.1 Å². The Morgan fingerprint density at radius 1 is 1.15 bits per heavy atom. The SMILES string of the molecule is CCCCNC(=O)[C@H](C)C[C@H](O)[C@@H](N)C[C@H](Cc1ccc(OC)c(OCC(N)=O)c1)C(C)C.Cl. The third-order valence-corrected chi connectivity index (χ3v) is 5.98. The van der Waals surface area contributed by atoms with Gasteiger partial charge in [0.05, 0.1) is 13.2 Å². The highest BCUT2D eigenvalue weighted by Gasteiger charge is 2.26. The second kappa shape index (κ2) is 16.6. The van der Waals surface area contributed by atoms with Gasteiger partial charge in [-0.15, -0.1) is 12.4 Å². The molecule has 0 aliphatic carbocycles. The van der Waals surface area contributed by atoms with Crippen molar-refractivity contribution >= 4 is 24.2 Å². The van der Waals surface area contributed by atoms with Crippen LogP contribution in [-0.2, 0) is 16.0 Å². The molecule has 0 aromatic heterocycles. The number of ether oxygens (including phenoxy) is 2. The van der Waals surface area contributed by atoms with Crippen molar-refractivity contribution in [3.8, 4) is 11.5 Å². The molecule has 0 fully saturated rings. The first-order valence-corrected chi connectivity index (χ1v) is 11.9. The van der Waals surface area contributed by atoms with Crippen LogP contribution in [0.1, 0.15) is 58.9 Å². The van der Waals surface area contributed by atoms with Crippen molar-refractivity contribution in [3.63, 3.8) is 0 Å². The molecule has 2 amide bonds. The summed E-state index contributed by atoms with van der Waals surface area (Å²) in [6.07, 6.45) is 2.87. The number of aliphatic hydroxyl groups excluding tert-OH is 1. The average Bonchev–Trinajstić information content (AvgIpc) is 2.76. The summed E-state index contributed by atoms with van der Waals surface area (Å²) in [5.41, 5.74) is 12.6. The smallest absolute Gasteiger partial charge is 0.255 e. The van der Waals surface area contributed by atoms with E-state index in [1.54, 1.807) is 6.07 Å². The number of rotatable bonds is 16. The molecule has 6 N–H and O–H groups in total. The van der Waals surface area contributed by atoms with Crippen LogP contribution in [0, 0.1) is 17.8 Å². The topological polar surface area (TPSA) is 137 Å². The van der Waals surface area contributed by atoms with Gasteiger partial charge in [-0.3, -0.25) is 9.59 Å². The molecule has 9 heteroatoms. The summed E-state index contributed by atoms with van der Waals surface area (Å²) in [6, 6.07) is 5.17. The minimum absolute atomic E-state index is 0. The van der Waals surface area contributed by atoms with E-state index in [4.69, 9.17) is 20.9 Å². The lowest BCUT2D eigenvalue weighted by Crippen LogP contribution is -2.41. The van der Waals surface area contributed by atoms with Crippen LogP contribution in [-0.4, -0.2) is 49.3 Å². The number of primary amides is 1. The van der Waals surface area contributed by atoms with Crippen LogP contribution in [0.2, 0.25) is 0 Å². The van der Waals surface area contributed by atoms with E-state index in [1.807, 2.05) is 19.1 Å². The van der Waals surface area contributed by atoms with Crippen LogP contribution >= 0.6 is 12.4 Å². The summed E-state index contributed by atoms with van der Waals surface area (Å²) in [5, 5.41) is 13.6. The summed E-state index contributed by atoms with van der Waals surface area (Å²) in [5.74, 6) is 0.623. The molecule has 1 rings (SSSR count). The fraction of sp³-hybridized carbons (Fsp3) is 0.680. The Labute approximate surface area is 210 Å². The second-order valence-electron chi connectivity index (χ2n) is 9.20. The predicted octanol–water partition coefficient (Wildman–Crippen LogP) is 2.82. The lowest BCUT2D eigenvalue weighted by Gasteiger charge is -2.28. The van der Waals surface area contributed by atoms with E-state index in [1.165, 1.54) is 7.11 Å². The fourth-order valence-corrected chi connectivity index (χ4v) is 3.72. The normalized spacial score (nSPS) is 14.5. The Hall–Kier alpha value is -2.03. The Morgan fingerprint density at radius 2 is 1.82 bits per heavy atom. The molecule has 4 atom stereocenters. The fourth-order valence-electron chi connectivity index (χ4n) is 3.72. The standard InChI is InChI=1S/C25H43N3O5.ClH/c1-6-7-10-28-25(31)17(4)11-21(29)20(26)14-19(16(2)3)12-18-8-9-22(32-5)23(13-18)33-15-24(27)30;/h8-9,13,16-17,19-21,29H,6-7,10-12,14-15,26H2,1-5H3,(H2,27,30)(H,28,31);1H/t17-,19+,20+,21+;/m1./s1. The zero-order valence-corrected chi connectivity index (χ0v) is 22.0. The third kappa shape index (κ3) is 11.4. The third-order valence-electron chi connectivity index (χ3n) is 5.98. The van der Waals surface area contributed by atoms with Crippen molar-refractivity contribution in [3.05, 3.63) is 23.8 Å². The maximum Gasteiger partial charge on any atom is 0.255 e. The van der Waals surface area contributed by atoms with Crippen LogP contribution in [0.4, 0.5) is 0 Å². The number of nitrogens with one attached hydrogen (secondary N) is 1. The van der Waals surface area contributed by atoms with E-state index in [9.17, 15) is 14.7 Å². The highest BCUT2D eigenvalue weighted by Crippen LogP contribution is 2.31. The number of hydrogen-bond acceptors (Lipinski definition) is 6. The molecule has 0 radical (unpaired) electrons. The minimum Gasteiger partial charge on any atom is -0.493 e. The van der Waals surface area contributed by atoms with Gasteiger partial charge in [-0.25, -0.2) is 0 Å². The van der Waals surface area contributed by atoms with Crippen LogP contribution in [0.3, 0.4) is 0 Å². The van der Waals surface area contributed by atoms with Gasteiger partial charge < -0.3 is 31.4 Å². The highest BCUT2D eigenvalue weighted by atomic mass is 35.5. The Kier molecular flexibility index (Phi) is 15.6. The number of carbonyl (C=O) groups excluding carboxylic acids is 2. The van der Waals surface area contributed by atoms with Gasteiger partial charge >= 0.3 is 0 Å². The Morgan fingerprint density at radius 3 is 2.38 bits per heavy atom. The van der Waals surface area contributed by atoms with Gasteiger partial charge in [-0.2, -0.15) is 0 Å². The summed E-state index contributed by atoms with van der Waals surface area (Å²) < 4.78 is 10.8. The molecular weight excluding hydrogens is 458 g/mol. The summed E-state index contributed by atoms with van der Waals surface area (Å²) in [6.45, 7) is 8.58. The maximum absolute atomic E-state index is 12.2. The summed E-state index contributed by atoms with van der Waals surface area (Å²) >= 11 is 0. The van der Waals surface area contributed by atoms with Crippen molar-refractivity contribution in [2.45, 2.75) is 71.9 Å². The van der Waals surface area contributed by atoms with E-state index in [2.05, 4.69) is 26.1 Å². The molecule has 0 saturated carbocycles. The van der Waals surface area contributed by atoms with E-state index in [0.29, 0.717) is 36.8 Å². The molecule has 0 bridgehead atoms. The minimum atomic E-state index is -0.761. The number of unbranched alkanes of at least 4 members (excludes halogenated alkanes) is 1. The van der Waals surface area contributed by atoms with E-state index >= 15 is 0 Å². The van der Waals surface area contributed by atoms with Gasteiger partial charge in [-0.05, 0) is 55.2 Å². The van der Waals surface area contributed by atoms with Crippen molar-refractivity contribution in [1.82, 2.24) is 5.32 Å². The number of benzene rings is 1. The number of nitrogens with two attached hydrogens (primary N) is 2. The number of halogens is 1. The van der Waals surface area contributed by atoms with Gasteiger partial charge in [0.2, 0.25) is 5.91 Å². The van der Waals surface area contributed by atoms with Gasteiger partial charge in [-0.1, -0.05) is 40.2 Å². The number of amides is 2. The predicted molar refractivity (Wildman–Crippen MR) is 137 cm³/mol. The number of hydrogen-bond donors (Lipinski definition) is 4. The van der Waals surface area contributed by atoms with Crippen LogP contribution in [0.15, 0.2) is 18.2 Å². The Bertz CT molecular complexity index is 747. The zero-order valence-electron chi connectivity index (χ0n) is 21.2. The van der Waals surface area contributed by atoms with Crippen molar-refractivity contribution in [2.75, 3.05) is 20.3 Å². The van der Waals surface area contributed by atoms with Gasteiger partial charge in [0.25, 0.3) is 5.91 Å². The quantitative estimate of drug-likeness (QED) is 0.257. The molecule has 34 heavy (non-hydrogen) atoms. The van der Waals surface area contributed by atoms with Crippen molar-refractivity contribution in [2.24, 2.45) is 29.2 Å². The molecule has 1 aromatic rings. The lowest BCUT2D eigenvalue weighted by atomic mass is 9.82. The lowest BCUT2D eigenvalue weighted by molar-refractivity contribution is -0.125. The summed E-state index contributed by atoms with van der Waals surface area (Å²) in [4.78, 5) is 23.3. The largest absolute Gasteiger partial charge is 0.493 e. The maximum atomic E-state index is 12.2. The molecule has 196 valence electrons. The van der Waals surface area contributed by atoms with E-state index in [0.717, 1.165) is 24.8 Å². The molecular formula is C25H44ClN3O5. The van der Waals surface area contributed by atoms with Gasteiger partial charge in [0.1, 0.15) is 0 Å². The first kappa shape index (κ1) is 32.0. The molecule has 0 aliphatic heterocycles. The van der Waals surface area contributed by atoms with Gasteiger partial charge in [0, 0.05) is 18.5 Å². The zero-order chi connectivity index (χ0) is 25.0. The van der Waals surface area contributed by atoms with Crippen LogP contribution < -0.4 is 26.3 Å². The summed E-state index contributed by atoms with van der Waals surface area (Å²) in [7, 11) is 1.54.